The van der Waals surface area contributed by atoms with Gasteiger partial charge in [0.1, 0.15) is 11.1 Å². The van der Waals surface area contributed by atoms with E-state index in [1.54, 1.807) is 42.5 Å². The zero-order valence-corrected chi connectivity index (χ0v) is 17.2. The Hall–Kier alpha value is -2.98. The first kappa shape index (κ1) is 19.3. The lowest BCUT2D eigenvalue weighted by atomic mass is 9.91. The van der Waals surface area contributed by atoms with Gasteiger partial charge in [0.15, 0.2) is 16.0 Å². The standard InChI is InChI=1S/C19H15BrN4O4S/c20-11-8-6-10(7-9-11)13-14-17(23-19(26)24-18(14)25)22-16(21)15(13)29(27,28)12-4-2-1-3-5-12/h1-9,15,17H,(H2,21,22)(H2,23,24,25,26). The summed E-state index contributed by atoms with van der Waals surface area (Å²) in [4.78, 5) is 28.6. The summed E-state index contributed by atoms with van der Waals surface area (Å²) in [6, 6.07) is 13.9. The Morgan fingerprint density at radius 2 is 1.62 bits per heavy atom. The molecule has 8 nitrogen and oxygen atoms in total. The number of carbonyl (C=O) groups is 2. The second kappa shape index (κ2) is 7.12. The maximum atomic E-state index is 13.5. The summed E-state index contributed by atoms with van der Waals surface area (Å²) in [6.45, 7) is 0. The molecule has 148 valence electrons. The normalized spacial score (nSPS) is 21.8. The predicted molar refractivity (Wildman–Crippen MR) is 111 cm³/mol. The predicted octanol–water partition coefficient (Wildman–Crippen LogP) is 1.58. The number of nitrogens with two attached hydrogens (primary N) is 1. The maximum absolute atomic E-state index is 13.5. The molecule has 2 aromatic rings. The molecule has 4 N–H and O–H groups in total. The van der Waals surface area contributed by atoms with Crippen LogP contribution in [0.1, 0.15) is 5.56 Å². The summed E-state index contributed by atoms with van der Waals surface area (Å²) in [7, 11) is -4.02. The summed E-state index contributed by atoms with van der Waals surface area (Å²) in [5.41, 5.74) is 6.83. The molecule has 2 unspecified atom stereocenters. The molecule has 1 saturated heterocycles. The van der Waals surface area contributed by atoms with Crippen LogP contribution in [-0.4, -0.2) is 37.6 Å². The average Bonchev–Trinajstić information content (AvgIpc) is 2.67. The molecule has 2 heterocycles. The number of benzene rings is 2. The van der Waals surface area contributed by atoms with Gasteiger partial charge in [-0.15, -0.1) is 0 Å². The number of rotatable bonds is 3. The van der Waals surface area contributed by atoms with Crippen molar-refractivity contribution in [1.29, 1.82) is 0 Å². The zero-order chi connectivity index (χ0) is 20.8. The van der Waals surface area contributed by atoms with Crippen LogP contribution in [0.5, 0.6) is 0 Å². The Morgan fingerprint density at radius 1 is 0.966 bits per heavy atom. The molecule has 0 aliphatic carbocycles. The van der Waals surface area contributed by atoms with Crippen LogP contribution in [0.2, 0.25) is 0 Å². The molecular formula is C19H15BrN4O4S. The highest BCUT2D eigenvalue weighted by molar-refractivity contribution is 9.10. The van der Waals surface area contributed by atoms with Crippen molar-refractivity contribution in [3.8, 4) is 0 Å². The number of fused-ring (bicyclic) bond motifs is 1. The van der Waals surface area contributed by atoms with E-state index in [2.05, 4.69) is 31.6 Å². The van der Waals surface area contributed by atoms with Crippen molar-refractivity contribution in [2.24, 2.45) is 10.7 Å². The highest BCUT2D eigenvalue weighted by atomic mass is 79.9. The third-order valence-corrected chi connectivity index (χ3v) is 7.21. The highest BCUT2D eigenvalue weighted by Crippen LogP contribution is 2.36. The topological polar surface area (TPSA) is 131 Å². The van der Waals surface area contributed by atoms with Crippen LogP contribution in [-0.2, 0) is 14.6 Å². The monoisotopic (exact) mass is 474 g/mol. The number of halogens is 1. The summed E-state index contributed by atoms with van der Waals surface area (Å²) < 4.78 is 27.7. The number of nitrogens with zero attached hydrogens (tertiary/aromatic N) is 1. The molecule has 1 fully saturated rings. The molecule has 0 saturated carbocycles. The van der Waals surface area contributed by atoms with E-state index in [4.69, 9.17) is 5.73 Å². The summed E-state index contributed by atoms with van der Waals surface area (Å²) in [6.07, 6.45) is -1.06. The number of hydrogen-bond acceptors (Lipinski definition) is 6. The number of amides is 3. The van der Waals surface area contributed by atoms with E-state index in [0.29, 0.717) is 5.56 Å². The number of dihydropyridines is 1. The lowest BCUT2D eigenvalue weighted by Crippen LogP contribution is -2.57. The second-order valence-corrected chi connectivity index (χ2v) is 9.40. The lowest BCUT2D eigenvalue weighted by molar-refractivity contribution is -0.117. The largest absolute Gasteiger partial charge is 0.386 e. The minimum atomic E-state index is -4.02. The van der Waals surface area contributed by atoms with E-state index >= 15 is 0 Å². The van der Waals surface area contributed by atoms with Gasteiger partial charge in [-0.25, -0.2) is 18.2 Å². The fourth-order valence-corrected chi connectivity index (χ4v) is 5.42. The fourth-order valence-electron chi connectivity index (χ4n) is 3.40. The van der Waals surface area contributed by atoms with Crippen LogP contribution in [0.3, 0.4) is 0 Å². The first-order valence-corrected chi connectivity index (χ1v) is 10.9. The Kier molecular flexibility index (Phi) is 4.75. The minimum absolute atomic E-state index is 0.0469. The molecule has 2 aromatic carbocycles. The highest BCUT2D eigenvalue weighted by Gasteiger charge is 2.45. The van der Waals surface area contributed by atoms with Gasteiger partial charge in [0.05, 0.1) is 10.5 Å². The first-order valence-electron chi connectivity index (χ1n) is 8.53. The van der Waals surface area contributed by atoms with Crippen LogP contribution in [0.15, 0.2) is 74.5 Å². The molecule has 3 amide bonds. The Morgan fingerprint density at radius 3 is 2.28 bits per heavy atom. The smallest absolute Gasteiger partial charge is 0.323 e. The second-order valence-electron chi connectivity index (χ2n) is 6.46. The van der Waals surface area contributed by atoms with Crippen LogP contribution in [0, 0.1) is 0 Å². The zero-order valence-electron chi connectivity index (χ0n) is 14.8. The van der Waals surface area contributed by atoms with Crippen LogP contribution >= 0.6 is 15.9 Å². The summed E-state index contributed by atoms with van der Waals surface area (Å²) in [5, 5.41) is 3.28. The van der Waals surface area contributed by atoms with E-state index in [1.807, 2.05) is 0 Å². The van der Waals surface area contributed by atoms with Crippen molar-refractivity contribution >= 4 is 49.1 Å². The number of sulfone groups is 1. The van der Waals surface area contributed by atoms with Gasteiger partial charge in [-0.2, -0.15) is 0 Å². The van der Waals surface area contributed by atoms with E-state index in [9.17, 15) is 18.0 Å². The van der Waals surface area contributed by atoms with Gasteiger partial charge in [-0.3, -0.25) is 10.1 Å². The van der Waals surface area contributed by atoms with E-state index in [-0.39, 0.29) is 21.9 Å². The van der Waals surface area contributed by atoms with Gasteiger partial charge in [-0.05, 0) is 35.4 Å². The third-order valence-electron chi connectivity index (χ3n) is 4.65. The van der Waals surface area contributed by atoms with E-state index in [0.717, 1.165) is 4.47 Å². The van der Waals surface area contributed by atoms with Gasteiger partial charge in [-0.1, -0.05) is 46.3 Å². The Bertz CT molecular complexity index is 1170. The van der Waals surface area contributed by atoms with Crippen molar-refractivity contribution < 1.29 is 18.0 Å². The molecule has 2 aliphatic heterocycles. The molecule has 4 rings (SSSR count). The number of nitrogens with one attached hydrogen (secondary N) is 2. The number of urea groups is 1. The van der Waals surface area contributed by atoms with Crippen LogP contribution < -0.4 is 16.4 Å². The molecule has 0 radical (unpaired) electrons. The van der Waals surface area contributed by atoms with Gasteiger partial charge in [0.25, 0.3) is 5.91 Å². The van der Waals surface area contributed by atoms with Crippen molar-refractivity contribution in [2.45, 2.75) is 16.3 Å². The SMILES string of the molecule is NC1=NC2NC(=O)NC(=O)C2=C(c2ccc(Br)cc2)C1S(=O)(=O)c1ccccc1. The van der Waals surface area contributed by atoms with Crippen LogP contribution in [0.4, 0.5) is 4.79 Å². The van der Waals surface area contributed by atoms with Crippen molar-refractivity contribution in [2.75, 3.05) is 0 Å². The minimum Gasteiger partial charge on any atom is -0.386 e. The van der Waals surface area contributed by atoms with Gasteiger partial charge < -0.3 is 11.1 Å². The number of amidine groups is 1. The molecule has 2 aliphatic rings. The van der Waals surface area contributed by atoms with Crippen molar-refractivity contribution in [1.82, 2.24) is 10.6 Å². The average molecular weight is 475 g/mol. The van der Waals surface area contributed by atoms with E-state index < -0.39 is 33.2 Å². The molecule has 29 heavy (non-hydrogen) atoms. The van der Waals surface area contributed by atoms with Gasteiger partial charge in [0, 0.05) is 4.47 Å². The molecule has 10 heteroatoms. The Balaban J connectivity index is 1.98. The summed E-state index contributed by atoms with van der Waals surface area (Å²) >= 11 is 3.34. The van der Waals surface area contributed by atoms with Gasteiger partial charge >= 0.3 is 6.03 Å². The summed E-state index contributed by atoms with van der Waals surface area (Å²) in [5.74, 6) is -0.906. The van der Waals surface area contributed by atoms with Crippen molar-refractivity contribution in [3.05, 3.63) is 70.2 Å². The third kappa shape index (κ3) is 3.34. The lowest BCUT2D eigenvalue weighted by Gasteiger charge is -2.33. The van der Waals surface area contributed by atoms with E-state index in [1.165, 1.54) is 12.1 Å². The molecule has 0 bridgehead atoms. The number of imide groups is 1. The number of hydrogen-bond donors (Lipinski definition) is 3. The molecule has 0 aromatic heterocycles. The number of aliphatic imine (C=N–C) groups is 1. The number of carbonyl (C=O) groups excluding carboxylic acids is 2. The Labute approximate surface area is 174 Å². The van der Waals surface area contributed by atoms with Gasteiger partial charge in [0.2, 0.25) is 0 Å². The fraction of sp³-hybridized carbons (Fsp3) is 0.105. The van der Waals surface area contributed by atoms with Crippen LogP contribution in [0.25, 0.3) is 5.57 Å². The first-order chi connectivity index (χ1) is 13.8. The molecular weight excluding hydrogens is 460 g/mol. The quantitative estimate of drug-likeness (QED) is 0.621. The van der Waals surface area contributed by atoms with Crippen molar-refractivity contribution in [3.63, 3.8) is 0 Å². The molecule has 0 spiro atoms. The maximum Gasteiger partial charge on any atom is 0.323 e. The molecule has 2 atom stereocenters.